The topological polar surface area (TPSA) is 28.2 Å². The van der Waals surface area contributed by atoms with E-state index in [9.17, 15) is 0 Å². The Morgan fingerprint density at radius 1 is 1.57 bits per heavy atom. The molecule has 0 unspecified atom stereocenters. The second kappa shape index (κ2) is 3.58. The maximum Gasteiger partial charge on any atom is 0.0550 e. The molecule has 0 aliphatic heterocycles. The van der Waals surface area contributed by atoms with E-state index in [2.05, 4.69) is 28.3 Å². The van der Waals surface area contributed by atoms with Crippen molar-refractivity contribution in [3.63, 3.8) is 0 Å². The zero-order valence-corrected chi connectivity index (χ0v) is 8.83. The van der Waals surface area contributed by atoms with Crippen LogP contribution in [-0.2, 0) is 0 Å². The molecule has 0 spiro atoms. The first kappa shape index (κ1) is 9.46. The molecule has 0 bridgehead atoms. The SMILES string of the molecule is CN(CC1(N[11CH3])CC1)c1cccnc1. The van der Waals surface area contributed by atoms with E-state index in [4.69, 9.17) is 0 Å². The van der Waals surface area contributed by atoms with Gasteiger partial charge in [-0.15, -0.1) is 0 Å². The minimum absolute atomic E-state index is 0.366. The van der Waals surface area contributed by atoms with E-state index >= 15 is 0 Å². The molecule has 0 aromatic carbocycles. The summed E-state index contributed by atoms with van der Waals surface area (Å²) in [7, 11) is 4.17. The Kier molecular flexibility index (Phi) is 2.42. The minimum Gasteiger partial charge on any atom is -0.372 e. The van der Waals surface area contributed by atoms with Crippen LogP contribution in [-0.4, -0.2) is 31.2 Å². The largest absolute Gasteiger partial charge is 0.372 e. The van der Waals surface area contributed by atoms with Gasteiger partial charge in [-0.05, 0) is 32.0 Å². The van der Waals surface area contributed by atoms with Crippen molar-refractivity contribution in [3.05, 3.63) is 24.5 Å². The highest BCUT2D eigenvalue weighted by atomic mass is 15.2. The molecule has 1 aliphatic rings. The molecule has 0 amide bonds. The zero-order valence-electron chi connectivity index (χ0n) is 8.83. The predicted octanol–water partition coefficient (Wildman–Crippen LogP) is 1.27. The highest BCUT2D eigenvalue weighted by Crippen LogP contribution is 2.36. The molecule has 1 aromatic heterocycles. The van der Waals surface area contributed by atoms with Gasteiger partial charge in [0.1, 0.15) is 0 Å². The van der Waals surface area contributed by atoms with Crippen molar-refractivity contribution in [1.82, 2.24) is 10.3 Å². The number of rotatable bonds is 4. The summed E-state index contributed by atoms with van der Waals surface area (Å²) in [6.07, 6.45) is 6.29. The summed E-state index contributed by atoms with van der Waals surface area (Å²) in [5, 5.41) is 3.39. The third-order valence-corrected chi connectivity index (χ3v) is 3.01. The summed E-state index contributed by atoms with van der Waals surface area (Å²) in [5.41, 5.74) is 1.55. The van der Waals surface area contributed by atoms with Crippen molar-refractivity contribution in [3.8, 4) is 0 Å². The molecule has 1 saturated carbocycles. The Balaban J connectivity index is 1.99. The molecule has 3 nitrogen and oxygen atoms in total. The lowest BCUT2D eigenvalue weighted by atomic mass is 10.2. The summed E-state index contributed by atoms with van der Waals surface area (Å²) in [6.45, 7) is 1.06. The van der Waals surface area contributed by atoms with Crippen LogP contribution in [0.4, 0.5) is 5.69 Å². The Labute approximate surface area is 85.1 Å². The minimum atomic E-state index is 0.366. The average Bonchev–Trinajstić information content (AvgIpc) is 3.00. The molecule has 0 saturated heterocycles. The first-order valence-corrected chi connectivity index (χ1v) is 5.06. The molecular formula is C11H17N3. The van der Waals surface area contributed by atoms with Gasteiger partial charge in [0.15, 0.2) is 0 Å². The number of pyridine rings is 1. The van der Waals surface area contributed by atoms with Gasteiger partial charge in [-0.1, -0.05) is 0 Å². The second-order valence-electron chi connectivity index (χ2n) is 4.10. The summed E-state index contributed by atoms with van der Waals surface area (Å²) >= 11 is 0. The normalized spacial score (nSPS) is 17.9. The standard InChI is InChI=1S/C11H17N3/c1-12-11(5-6-11)9-14(2)10-4-3-7-13-8-10/h3-4,7-8,12H,5-6,9H2,1-2H3/i1-1. The molecule has 0 atom stereocenters. The molecule has 1 aliphatic carbocycles. The average molecular weight is 190 g/mol. The number of anilines is 1. The van der Waals surface area contributed by atoms with Gasteiger partial charge < -0.3 is 10.2 Å². The Morgan fingerprint density at radius 3 is 2.86 bits per heavy atom. The second-order valence-corrected chi connectivity index (χ2v) is 4.10. The molecular weight excluding hydrogens is 173 g/mol. The van der Waals surface area contributed by atoms with Crippen LogP contribution in [0.3, 0.4) is 0 Å². The fraction of sp³-hybridized carbons (Fsp3) is 0.545. The van der Waals surface area contributed by atoms with Crippen LogP contribution in [0.1, 0.15) is 12.8 Å². The first-order chi connectivity index (χ1) is 6.76. The van der Waals surface area contributed by atoms with E-state index in [1.54, 1.807) is 0 Å². The van der Waals surface area contributed by atoms with Crippen molar-refractivity contribution in [2.75, 3.05) is 25.5 Å². The molecule has 0 radical (unpaired) electrons. The van der Waals surface area contributed by atoms with Gasteiger partial charge in [-0.25, -0.2) is 0 Å². The van der Waals surface area contributed by atoms with Crippen LogP contribution in [0.25, 0.3) is 0 Å². The monoisotopic (exact) mass is 190 g/mol. The number of nitrogens with zero attached hydrogens (tertiary/aromatic N) is 2. The maximum atomic E-state index is 4.12. The molecule has 2 rings (SSSR count). The van der Waals surface area contributed by atoms with Gasteiger partial charge in [0, 0.05) is 25.3 Å². The van der Waals surface area contributed by atoms with E-state index in [0.29, 0.717) is 5.54 Å². The van der Waals surface area contributed by atoms with Gasteiger partial charge in [0.25, 0.3) is 0 Å². The van der Waals surface area contributed by atoms with E-state index < -0.39 is 0 Å². The van der Waals surface area contributed by atoms with Crippen molar-refractivity contribution in [1.29, 1.82) is 0 Å². The van der Waals surface area contributed by atoms with E-state index in [1.807, 2.05) is 25.5 Å². The lowest BCUT2D eigenvalue weighted by Gasteiger charge is -2.24. The number of hydrogen-bond acceptors (Lipinski definition) is 3. The zero-order chi connectivity index (χ0) is 10.0. The number of likely N-dealkylation sites (N-methyl/N-ethyl adjacent to an activating group) is 2. The molecule has 1 heterocycles. The summed E-state index contributed by atoms with van der Waals surface area (Å²) < 4.78 is 0. The number of nitrogens with one attached hydrogen (secondary N) is 1. The van der Waals surface area contributed by atoms with Crippen LogP contribution < -0.4 is 10.2 Å². The maximum absolute atomic E-state index is 4.12. The Morgan fingerprint density at radius 2 is 2.36 bits per heavy atom. The highest BCUT2D eigenvalue weighted by molar-refractivity contribution is 5.43. The van der Waals surface area contributed by atoms with Gasteiger partial charge >= 0.3 is 0 Å². The molecule has 76 valence electrons. The van der Waals surface area contributed by atoms with Crippen LogP contribution in [0.2, 0.25) is 0 Å². The Bertz CT molecular complexity index is 293. The van der Waals surface area contributed by atoms with Crippen molar-refractivity contribution >= 4 is 5.69 Å². The van der Waals surface area contributed by atoms with Gasteiger partial charge in [0.2, 0.25) is 0 Å². The van der Waals surface area contributed by atoms with Gasteiger partial charge in [-0.3, -0.25) is 4.98 Å². The third kappa shape index (κ3) is 1.87. The molecule has 14 heavy (non-hydrogen) atoms. The van der Waals surface area contributed by atoms with Crippen LogP contribution in [0.5, 0.6) is 0 Å². The number of hydrogen-bond donors (Lipinski definition) is 1. The predicted molar refractivity (Wildman–Crippen MR) is 58.5 cm³/mol. The molecule has 1 aromatic rings. The summed E-state index contributed by atoms with van der Waals surface area (Å²) in [4.78, 5) is 6.38. The van der Waals surface area contributed by atoms with E-state index in [1.165, 1.54) is 18.5 Å². The highest BCUT2D eigenvalue weighted by Gasteiger charge is 2.41. The van der Waals surface area contributed by atoms with Crippen molar-refractivity contribution in [2.24, 2.45) is 0 Å². The van der Waals surface area contributed by atoms with Crippen LogP contribution in [0, 0.1) is 0 Å². The third-order valence-electron chi connectivity index (χ3n) is 3.01. The summed E-state index contributed by atoms with van der Waals surface area (Å²) in [5.74, 6) is 0. The lowest BCUT2D eigenvalue weighted by molar-refractivity contribution is 0.549. The molecule has 3 heteroatoms. The van der Waals surface area contributed by atoms with Crippen molar-refractivity contribution < 1.29 is 0 Å². The van der Waals surface area contributed by atoms with Crippen LogP contribution in [0.15, 0.2) is 24.5 Å². The quantitative estimate of drug-likeness (QED) is 0.775. The number of aromatic nitrogens is 1. The first-order valence-electron chi connectivity index (χ1n) is 5.06. The van der Waals surface area contributed by atoms with E-state index in [-0.39, 0.29) is 0 Å². The fourth-order valence-electron chi connectivity index (χ4n) is 1.76. The molecule has 1 fully saturated rings. The smallest absolute Gasteiger partial charge is 0.0550 e. The van der Waals surface area contributed by atoms with Crippen molar-refractivity contribution in [2.45, 2.75) is 18.4 Å². The Hall–Kier alpha value is -1.09. The van der Waals surface area contributed by atoms with E-state index in [0.717, 1.165) is 6.54 Å². The van der Waals surface area contributed by atoms with Gasteiger partial charge in [0.05, 0.1) is 11.9 Å². The van der Waals surface area contributed by atoms with Crippen LogP contribution >= 0.6 is 0 Å². The van der Waals surface area contributed by atoms with Gasteiger partial charge in [-0.2, -0.15) is 0 Å². The lowest BCUT2D eigenvalue weighted by Crippen LogP contribution is -2.39. The fourth-order valence-corrected chi connectivity index (χ4v) is 1.76. The summed E-state index contributed by atoms with van der Waals surface area (Å²) in [6, 6.07) is 4.07. The molecule has 1 N–H and O–H groups in total.